The molecular weight excluding hydrogens is 360 g/mol. The number of amides is 1. The molecule has 0 bridgehead atoms. The summed E-state index contributed by atoms with van der Waals surface area (Å²) in [5, 5.41) is 3.99. The van der Waals surface area contributed by atoms with Crippen molar-refractivity contribution >= 4 is 28.3 Å². The molecule has 5 heteroatoms. The van der Waals surface area contributed by atoms with E-state index in [-0.39, 0.29) is 5.91 Å². The molecule has 0 saturated heterocycles. The molecule has 0 atom stereocenters. The number of H-pyrrole nitrogens is 1. The van der Waals surface area contributed by atoms with Gasteiger partial charge in [0.2, 0.25) is 5.91 Å². The van der Waals surface area contributed by atoms with Crippen molar-refractivity contribution in [3.8, 4) is 0 Å². The number of para-hydroxylation sites is 1. The van der Waals surface area contributed by atoms with Gasteiger partial charge in [0.05, 0.1) is 18.3 Å². The van der Waals surface area contributed by atoms with E-state index >= 15 is 0 Å². The minimum atomic E-state index is -0.0677. The summed E-state index contributed by atoms with van der Waals surface area (Å²) in [6, 6.07) is 20.5. The van der Waals surface area contributed by atoms with Gasteiger partial charge >= 0.3 is 0 Å². The lowest BCUT2D eigenvalue weighted by Crippen LogP contribution is -2.30. The molecule has 0 radical (unpaired) electrons. The number of carbonyl (C=O) groups excluding carboxylic acids is 1. The maximum Gasteiger partial charge on any atom is 0.230 e. The largest absolute Gasteiger partial charge is 0.366 e. The number of benzene rings is 2. The first kappa shape index (κ1) is 17.5. The number of rotatable bonds is 4. The quantitative estimate of drug-likeness (QED) is 0.553. The van der Waals surface area contributed by atoms with Crippen molar-refractivity contribution in [2.45, 2.75) is 19.4 Å². The lowest BCUT2D eigenvalue weighted by atomic mass is 10.00. The van der Waals surface area contributed by atoms with Crippen LogP contribution >= 0.6 is 0 Å². The molecule has 1 aliphatic heterocycles. The molecule has 1 amide bonds. The Morgan fingerprint density at radius 3 is 2.72 bits per heavy atom. The van der Waals surface area contributed by atoms with Crippen molar-refractivity contribution in [1.82, 2.24) is 9.97 Å². The predicted octanol–water partition coefficient (Wildman–Crippen LogP) is 4.31. The Bertz CT molecular complexity index is 1160. The van der Waals surface area contributed by atoms with Gasteiger partial charge < -0.3 is 15.2 Å². The third kappa shape index (κ3) is 3.59. The fourth-order valence-electron chi connectivity index (χ4n) is 4.00. The van der Waals surface area contributed by atoms with Crippen molar-refractivity contribution in [2.24, 2.45) is 0 Å². The van der Waals surface area contributed by atoms with Gasteiger partial charge in [0.15, 0.2) is 0 Å². The van der Waals surface area contributed by atoms with Crippen LogP contribution in [0.15, 0.2) is 73.1 Å². The molecule has 5 rings (SSSR count). The topological polar surface area (TPSA) is 61.0 Å². The van der Waals surface area contributed by atoms with Crippen LogP contribution in [0.1, 0.15) is 16.7 Å². The Morgan fingerprint density at radius 2 is 1.86 bits per heavy atom. The van der Waals surface area contributed by atoms with Gasteiger partial charge in [-0.1, -0.05) is 42.5 Å². The fraction of sp³-hybridized carbons (Fsp3) is 0.167. The van der Waals surface area contributed by atoms with Crippen LogP contribution in [0, 0.1) is 0 Å². The highest BCUT2D eigenvalue weighted by atomic mass is 16.1. The summed E-state index contributed by atoms with van der Waals surface area (Å²) in [6.07, 6.45) is 5.10. The van der Waals surface area contributed by atoms with Crippen LogP contribution in [0.5, 0.6) is 0 Å². The van der Waals surface area contributed by atoms with Gasteiger partial charge in [-0.25, -0.2) is 4.98 Å². The van der Waals surface area contributed by atoms with E-state index in [0.29, 0.717) is 12.2 Å². The minimum Gasteiger partial charge on any atom is -0.366 e. The molecule has 29 heavy (non-hydrogen) atoms. The summed E-state index contributed by atoms with van der Waals surface area (Å²) in [7, 11) is 0. The average Bonchev–Trinajstić information content (AvgIpc) is 3.17. The van der Waals surface area contributed by atoms with Gasteiger partial charge in [-0.3, -0.25) is 4.79 Å². The maximum absolute atomic E-state index is 12.5. The number of fused-ring (bicyclic) bond motifs is 2. The number of hydrogen-bond donors (Lipinski definition) is 2. The molecule has 1 aliphatic rings. The molecule has 2 aromatic heterocycles. The number of carbonyl (C=O) groups is 1. The van der Waals surface area contributed by atoms with Crippen LogP contribution in [-0.4, -0.2) is 22.4 Å². The number of anilines is 2. The third-order valence-electron chi connectivity index (χ3n) is 5.54. The highest BCUT2D eigenvalue weighted by molar-refractivity contribution is 5.95. The molecule has 0 unspecified atom stereocenters. The Morgan fingerprint density at radius 1 is 1.03 bits per heavy atom. The maximum atomic E-state index is 12.5. The molecule has 3 heterocycles. The number of aromatic nitrogens is 2. The molecule has 2 N–H and O–H groups in total. The lowest BCUT2D eigenvalue weighted by molar-refractivity contribution is -0.115. The van der Waals surface area contributed by atoms with Crippen LogP contribution in [0.4, 0.5) is 11.5 Å². The second kappa shape index (κ2) is 7.43. The number of nitrogens with zero attached hydrogens (tertiary/aromatic N) is 2. The Balaban J connectivity index is 1.24. The second-order valence-corrected chi connectivity index (χ2v) is 7.43. The fourth-order valence-corrected chi connectivity index (χ4v) is 4.00. The van der Waals surface area contributed by atoms with Crippen LogP contribution in [0.3, 0.4) is 0 Å². The van der Waals surface area contributed by atoms with Crippen LogP contribution in [-0.2, 0) is 24.2 Å². The van der Waals surface area contributed by atoms with Gasteiger partial charge in [0.1, 0.15) is 5.82 Å². The zero-order valence-electron chi connectivity index (χ0n) is 16.1. The molecule has 0 aliphatic carbocycles. The highest BCUT2D eigenvalue weighted by Gasteiger charge is 2.16. The first-order valence-corrected chi connectivity index (χ1v) is 9.89. The van der Waals surface area contributed by atoms with Gasteiger partial charge in [-0.2, -0.15) is 0 Å². The first-order valence-electron chi connectivity index (χ1n) is 9.89. The van der Waals surface area contributed by atoms with Crippen molar-refractivity contribution in [2.75, 3.05) is 16.8 Å². The first-order chi connectivity index (χ1) is 14.3. The van der Waals surface area contributed by atoms with Gasteiger partial charge in [-0.15, -0.1) is 0 Å². The minimum absolute atomic E-state index is 0.0677. The molecule has 4 aromatic rings. The van der Waals surface area contributed by atoms with Gasteiger partial charge in [-0.05, 0) is 41.3 Å². The van der Waals surface area contributed by atoms with Crippen LogP contribution in [0.2, 0.25) is 0 Å². The van der Waals surface area contributed by atoms with Crippen molar-refractivity contribution in [1.29, 1.82) is 0 Å². The number of hydrogen-bond acceptors (Lipinski definition) is 3. The molecule has 144 valence electrons. The highest BCUT2D eigenvalue weighted by Crippen LogP contribution is 2.24. The van der Waals surface area contributed by atoms with E-state index in [1.165, 1.54) is 11.1 Å². The molecule has 0 spiro atoms. The number of pyridine rings is 1. The van der Waals surface area contributed by atoms with Gasteiger partial charge in [0.25, 0.3) is 0 Å². The van der Waals surface area contributed by atoms with Crippen LogP contribution < -0.4 is 10.2 Å². The Kier molecular flexibility index (Phi) is 4.48. The van der Waals surface area contributed by atoms with Crippen LogP contribution in [0.25, 0.3) is 10.9 Å². The van der Waals surface area contributed by atoms with E-state index in [9.17, 15) is 4.79 Å². The van der Waals surface area contributed by atoms with E-state index in [1.54, 1.807) is 0 Å². The summed E-state index contributed by atoms with van der Waals surface area (Å²) in [4.78, 5) is 22.5. The monoisotopic (exact) mass is 382 g/mol. The summed E-state index contributed by atoms with van der Waals surface area (Å²) in [5.74, 6) is 0.512. The summed E-state index contributed by atoms with van der Waals surface area (Å²) < 4.78 is 0. The molecule has 5 nitrogen and oxygen atoms in total. The predicted molar refractivity (Wildman–Crippen MR) is 116 cm³/mol. The van der Waals surface area contributed by atoms with Crippen molar-refractivity contribution in [3.63, 3.8) is 0 Å². The van der Waals surface area contributed by atoms with E-state index in [4.69, 9.17) is 0 Å². The van der Waals surface area contributed by atoms with Crippen molar-refractivity contribution < 1.29 is 4.79 Å². The molecule has 0 fully saturated rings. The van der Waals surface area contributed by atoms with E-state index < -0.39 is 0 Å². The Hall–Kier alpha value is -3.60. The van der Waals surface area contributed by atoms with Crippen molar-refractivity contribution in [3.05, 3.63) is 89.7 Å². The normalized spacial score (nSPS) is 13.3. The van der Waals surface area contributed by atoms with E-state index in [0.717, 1.165) is 41.7 Å². The summed E-state index contributed by atoms with van der Waals surface area (Å²) in [5.41, 5.74) is 5.91. The molecule has 2 aromatic carbocycles. The van der Waals surface area contributed by atoms with E-state index in [2.05, 4.69) is 44.5 Å². The lowest BCUT2D eigenvalue weighted by Gasteiger charge is -2.30. The molecule has 0 saturated carbocycles. The zero-order valence-corrected chi connectivity index (χ0v) is 16.1. The zero-order chi connectivity index (χ0) is 19.6. The Labute approximate surface area is 169 Å². The average molecular weight is 382 g/mol. The SMILES string of the molecule is O=C(Cc1c[nH]c2ccccc12)Nc1ccc(N2CCc3ccccc3C2)cn1. The summed E-state index contributed by atoms with van der Waals surface area (Å²) in [6.45, 7) is 1.87. The third-order valence-corrected chi connectivity index (χ3v) is 5.54. The van der Waals surface area contributed by atoms with E-state index in [1.807, 2.05) is 48.8 Å². The standard InChI is InChI=1S/C24H22N4O/c29-24(13-19-14-25-22-8-4-3-7-21(19)22)27-23-10-9-20(15-26-23)28-12-11-17-5-1-2-6-18(17)16-28/h1-10,14-15,25H,11-13,16H2,(H,26,27,29). The van der Waals surface area contributed by atoms with Gasteiger partial charge in [0, 0.05) is 30.2 Å². The second-order valence-electron chi connectivity index (χ2n) is 7.43. The molecular formula is C24H22N4O. The smallest absolute Gasteiger partial charge is 0.230 e. The number of aromatic amines is 1. The number of nitrogens with one attached hydrogen (secondary N) is 2. The summed E-state index contributed by atoms with van der Waals surface area (Å²) >= 11 is 0.